The molecular formula is C22H30FNO2. The van der Waals surface area contributed by atoms with Gasteiger partial charge in [0.05, 0.1) is 6.33 Å². The number of carbonyl (C=O) groups is 1. The second-order valence-corrected chi connectivity index (χ2v) is 7.93. The Morgan fingerprint density at radius 3 is 2.42 bits per heavy atom. The van der Waals surface area contributed by atoms with Gasteiger partial charge in [0.15, 0.2) is 0 Å². The molecule has 0 atom stereocenters. The minimum Gasteiger partial charge on any atom is -0.489 e. The standard InChI is InChI=1S/C22H30FNO2/c1-3-17(15-23)16-26-19-7-5-18(6-8-19)21-9-4-10-22(13-11-21,14-12-21)20(25)24-2/h5-8,15H,3-4,9-14,16H2,1-2H3,(H,24,25)/b17-15+. The number of rotatable bonds is 6. The molecule has 0 radical (unpaired) electrons. The quantitative estimate of drug-likeness (QED) is 0.771. The fourth-order valence-corrected chi connectivity index (χ4v) is 4.80. The van der Waals surface area contributed by atoms with Crippen molar-refractivity contribution >= 4 is 5.91 Å². The minimum atomic E-state index is -0.146. The summed E-state index contributed by atoms with van der Waals surface area (Å²) in [7, 11) is 1.75. The molecule has 26 heavy (non-hydrogen) atoms. The van der Waals surface area contributed by atoms with Gasteiger partial charge in [0.25, 0.3) is 0 Å². The molecule has 4 rings (SSSR count). The van der Waals surface area contributed by atoms with E-state index in [9.17, 15) is 9.18 Å². The van der Waals surface area contributed by atoms with Gasteiger partial charge in [-0.15, -0.1) is 0 Å². The van der Waals surface area contributed by atoms with E-state index >= 15 is 0 Å². The largest absolute Gasteiger partial charge is 0.489 e. The Balaban J connectivity index is 1.71. The lowest BCUT2D eigenvalue weighted by molar-refractivity contribution is -0.132. The summed E-state index contributed by atoms with van der Waals surface area (Å²) in [5.41, 5.74) is 2.07. The van der Waals surface area contributed by atoms with E-state index in [2.05, 4.69) is 17.4 Å². The number of carbonyl (C=O) groups excluding carboxylic acids is 1. The molecule has 0 heterocycles. The number of ether oxygens (including phenoxy) is 1. The summed E-state index contributed by atoms with van der Waals surface area (Å²) >= 11 is 0. The molecule has 3 fully saturated rings. The Hall–Kier alpha value is -1.84. The molecule has 0 unspecified atom stereocenters. The van der Waals surface area contributed by atoms with Crippen LogP contribution in [0.4, 0.5) is 4.39 Å². The maximum absolute atomic E-state index is 12.6. The van der Waals surface area contributed by atoms with Gasteiger partial charge in [-0.1, -0.05) is 25.5 Å². The van der Waals surface area contributed by atoms with Crippen LogP contribution in [0.2, 0.25) is 0 Å². The highest BCUT2D eigenvalue weighted by Gasteiger charge is 2.49. The predicted molar refractivity (Wildman–Crippen MR) is 102 cm³/mol. The van der Waals surface area contributed by atoms with E-state index in [0.717, 1.165) is 50.7 Å². The van der Waals surface area contributed by atoms with Gasteiger partial charge >= 0.3 is 0 Å². The van der Waals surface area contributed by atoms with Crippen LogP contribution in [0.25, 0.3) is 0 Å². The van der Waals surface area contributed by atoms with Crippen molar-refractivity contribution in [3.8, 4) is 5.75 Å². The van der Waals surface area contributed by atoms with E-state index in [1.165, 1.54) is 5.56 Å². The van der Waals surface area contributed by atoms with Gasteiger partial charge in [0, 0.05) is 12.5 Å². The van der Waals surface area contributed by atoms with E-state index in [-0.39, 0.29) is 16.7 Å². The Morgan fingerprint density at radius 2 is 1.85 bits per heavy atom. The maximum Gasteiger partial charge on any atom is 0.225 e. The molecule has 1 amide bonds. The van der Waals surface area contributed by atoms with Gasteiger partial charge < -0.3 is 10.1 Å². The Labute approximate surface area is 156 Å². The van der Waals surface area contributed by atoms with Crippen molar-refractivity contribution < 1.29 is 13.9 Å². The number of amides is 1. The molecule has 1 aromatic rings. The lowest BCUT2D eigenvalue weighted by Gasteiger charge is -2.42. The molecule has 0 spiro atoms. The second-order valence-electron chi connectivity index (χ2n) is 7.93. The van der Waals surface area contributed by atoms with Crippen molar-refractivity contribution in [1.29, 1.82) is 0 Å². The molecule has 1 N–H and O–H groups in total. The van der Waals surface area contributed by atoms with Crippen LogP contribution in [0, 0.1) is 5.41 Å². The van der Waals surface area contributed by atoms with E-state index < -0.39 is 0 Å². The van der Waals surface area contributed by atoms with Gasteiger partial charge in [0.2, 0.25) is 5.91 Å². The summed E-state index contributed by atoms with van der Waals surface area (Å²) in [6.07, 6.45) is 8.66. The van der Waals surface area contributed by atoms with Crippen molar-refractivity contribution in [2.24, 2.45) is 5.41 Å². The first-order valence-electron chi connectivity index (χ1n) is 9.81. The fourth-order valence-electron chi connectivity index (χ4n) is 4.80. The number of halogens is 1. The van der Waals surface area contributed by atoms with Crippen LogP contribution in [-0.4, -0.2) is 19.6 Å². The Bertz CT molecular complexity index is 657. The topological polar surface area (TPSA) is 38.3 Å². The summed E-state index contributed by atoms with van der Waals surface area (Å²) in [5, 5.41) is 2.88. The highest BCUT2D eigenvalue weighted by molar-refractivity contribution is 5.82. The second kappa shape index (κ2) is 7.81. The van der Waals surface area contributed by atoms with E-state index in [4.69, 9.17) is 4.74 Å². The monoisotopic (exact) mass is 359 g/mol. The lowest BCUT2D eigenvalue weighted by atomic mass is 9.62. The van der Waals surface area contributed by atoms with Crippen LogP contribution in [0.15, 0.2) is 36.2 Å². The summed E-state index contributed by atoms with van der Waals surface area (Å²) < 4.78 is 18.3. The van der Waals surface area contributed by atoms with Crippen LogP contribution < -0.4 is 10.1 Å². The number of fused-ring (bicyclic) bond motifs is 4. The molecule has 0 saturated heterocycles. The van der Waals surface area contributed by atoms with Gasteiger partial charge in [-0.25, -0.2) is 4.39 Å². The van der Waals surface area contributed by atoms with Gasteiger partial charge in [0.1, 0.15) is 12.4 Å². The van der Waals surface area contributed by atoms with Gasteiger partial charge in [-0.05, 0) is 73.6 Å². The summed E-state index contributed by atoms with van der Waals surface area (Å²) in [4.78, 5) is 12.4. The molecule has 1 aromatic carbocycles. The zero-order chi connectivity index (χ0) is 18.6. The van der Waals surface area contributed by atoms with Crippen molar-refractivity contribution in [2.45, 2.75) is 63.7 Å². The smallest absolute Gasteiger partial charge is 0.225 e. The third-order valence-electron chi connectivity index (χ3n) is 6.68. The van der Waals surface area contributed by atoms with Crippen LogP contribution in [0.5, 0.6) is 5.75 Å². The van der Waals surface area contributed by atoms with Crippen molar-refractivity contribution in [3.05, 3.63) is 41.7 Å². The van der Waals surface area contributed by atoms with E-state index in [1.54, 1.807) is 7.05 Å². The molecular weight excluding hydrogens is 329 g/mol. The van der Waals surface area contributed by atoms with Crippen LogP contribution in [0.3, 0.4) is 0 Å². The molecule has 3 nitrogen and oxygen atoms in total. The number of benzene rings is 1. The average molecular weight is 359 g/mol. The maximum atomic E-state index is 12.6. The van der Waals surface area contributed by atoms with Crippen molar-refractivity contribution in [1.82, 2.24) is 5.32 Å². The molecule has 3 aliphatic carbocycles. The third-order valence-corrected chi connectivity index (χ3v) is 6.68. The molecule has 0 aromatic heterocycles. The first-order chi connectivity index (χ1) is 12.6. The molecule has 142 valence electrons. The fraction of sp³-hybridized carbons (Fsp3) is 0.591. The number of hydrogen-bond acceptors (Lipinski definition) is 2. The van der Waals surface area contributed by atoms with Gasteiger partial charge in [-0.2, -0.15) is 0 Å². The number of nitrogens with one attached hydrogen (secondary N) is 1. The summed E-state index contributed by atoms with van der Waals surface area (Å²) in [6, 6.07) is 8.33. The van der Waals surface area contributed by atoms with Crippen LogP contribution in [0.1, 0.15) is 63.9 Å². The molecule has 3 aliphatic rings. The first-order valence-corrected chi connectivity index (χ1v) is 9.81. The van der Waals surface area contributed by atoms with E-state index in [1.807, 2.05) is 19.1 Å². The zero-order valence-corrected chi connectivity index (χ0v) is 15.9. The summed E-state index contributed by atoms with van der Waals surface area (Å²) in [5.74, 6) is 1.01. The molecule has 0 aliphatic heterocycles. The lowest BCUT2D eigenvalue weighted by Crippen LogP contribution is -2.43. The number of hydrogen-bond donors (Lipinski definition) is 1. The highest BCUT2D eigenvalue weighted by Crippen LogP contribution is 2.55. The molecule has 4 heteroatoms. The van der Waals surface area contributed by atoms with Crippen LogP contribution in [-0.2, 0) is 10.2 Å². The van der Waals surface area contributed by atoms with E-state index in [0.29, 0.717) is 24.9 Å². The third kappa shape index (κ3) is 3.51. The van der Waals surface area contributed by atoms with Crippen LogP contribution >= 0.6 is 0 Å². The predicted octanol–water partition coefficient (Wildman–Crippen LogP) is 5.06. The Kier molecular flexibility index (Phi) is 5.69. The SMILES string of the molecule is CC/C(=C\F)COc1ccc(C23CCCC(C(=O)NC)(CC2)CC3)cc1. The minimum absolute atomic E-state index is 0.146. The Morgan fingerprint density at radius 1 is 1.15 bits per heavy atom. The molecule has 3 saturated carbocycles. The van der Waals surface area contributed by atoms with Gasteiger partial charge in [-0.3, -0.25) is 4.79 Å². The van der Waals surface area contributed by atoms with Crippen molar-refractivity contribution in [2.75, 3.05) is 13.7 Å². The average Bonchev–Trinajstić information content (AvgIpc) is 3.01. The zero-order valence-electron chi connectivity index (χ0n) is 15.9. The molecule has 2 bridgehead atoms. The summed E-state index contributed by atoms with van der Waals surface area (Å²) in [6.45, 7) is 2.22. The van der Waals surface area contributed by atoms with Crippen molar-refractivity contribution in [3.63, 3.8) is 0 Å². The highest BCUT2D eigenvalue weighted by atomic mass is 19.1. The first kappa shape index (κ1) is 18.9. The normalized spacial score (nSPS) is 28.5.